The maximum Gasteiger partial charge on any atom is 0.263 e. The monoisotopic (exact) mass is 365 g/mol. The molecular formula is C22H27N3O2. The van der Waals surface area contributed by atoms with E-state index in [0.717, 1.165) is 44.2 Å². The van der Waals surface area contributed by atoms with E-state index in [9.17, 15) is 0 Å². The van der Waals surface area contributed by atoms with Crippen LogP contribution in [0.5, 0.6) is 0 Å². The van der Waals surface area contributed by atoms with Gasteiger partial charge >= 0.3 is 0 Å². The van der Waals surface area contributed by atoms with Gasteiger partial charge in [-0.15, -0.1) is 0 Å². The molecule has 4 rings (SSSR count). The number of aromatic nitrogens is 1. The van der Waals surface area contributed by atoms with Crippen LogP contribution in [0.15, 0.2) is 57.6 Å². The highest BCUT2D eigenvalue weighted by Crippen LogP contribution is 2.27. The van der Waals surface area contributed by atoms with Gasteiger partial charge < -0.3 is 8.83 Å². The molecule has 3 heterocycles. The Morgan fingerprint density at radius 1 is 1.04 bits per heavy atom. The maximum atomic E-state index is 5.81. The molecular weight excluding hydrogens is 338 g/mol. The average molecular weight is 365 g/mol. The molecule has 5 heteroatoms. The third-order valence-electron chi connectivity index (χ3n) is 5.37. The number of hydrogen-bond acceptors (Lipinski definition) is 5. The summed E-state index contributed by atoms with van der Waals surface area (Å²) < 4.78 is 11.2. The molecule has 142 valence electrons. The number of piperazine rings is 1. The zero-order chi connectivity index (χ0) is 18.9. The van der Waals surface area contributed by atoms with Crippen molar-refractivity contribution >= 4 is 0 Å². The van der Waals surface area contributed by atoms with Gasteiger partial charge in [0.05, 0.1) is 12.0 Å². The Balaban J connectivity index is 1.42. The Morgan fingerprint density at radius 2 is 1.85 bits per heavy atom. The molecule has 0 radical (unpaired) electrons. The lowest BCUT2D eigenvalue weighted by atomic mass is 9.97. The summed E-state index contributed by atoms with van der Waals surface area (Å²) in [5, 5.41) is 0. The van der Waals surface area contributed by atoms with Crippen LogP contribution >= 0.6 is 0 Å². The van der Waals surface area contributed by atoms with Crippen molar-refractivity contribution in [3.05, 3.63) is 65.7 Å². The first kappa shape index (κ1) is 18.0. The molecule has 3 aromatic rings. The van der Waals surface area contributed by atoms with Crippen LogP contribution in [0.3, 0.4) is 0 Å². The lowest BCUT2D eigenvalue weighted by molar-refractivity contribution is 0.00972. The molecule has 0 bridgehead atoms. The Kier molecular flexibility index (Phi) is 4.89. The first-order valence-electron chi connectivity index (χ1n) is 9.53. The summed E-state index contributed by atoms with van der Waals surface area (Å²) in [6.07, 6.45) is 1.64. The van der Waals surface area contributed by atoms with Gasteiger partial charge in [0, 0.05) is 38.3 Å². The van der Waals surface area contributed by atoms with Crippen LogP contribution in [0.25, 0.3) is 11.7 Å². The van der Waals surface area contributed by atoms with Gasteiger partial charge in [-0.2, -0.15) is 0 Å². The van der Waals surface area contributed by atoms with E-state index in [4.69, 9.17) is 8.83 Å². The third kappa shape index (κ3) is 3.99. The van der Waals surface area contributed by atoms with E-state index >= 15 is 0 Å². The molecule has 1 aromatic carbocycles. The third-order valence-corrected chi connectivity index (χ3v) is 5.37. The molecule has 0 spiro atoms. The molecule has 0 aliphatic carbocycles. The minimum atomic E-state index is 0.107. The zero-order valence-electron chi connectivity index (χ0n) is 16.3. The lowest BCUT2D eigenvalue weighted by Gasteiger charge is -2.47. The van der Waals surface area contributed by atoms with Crippen molar-refractivity contribution in [2.45, 2.75) is 39.4 Å². The second kappa shape index (κ2) is 7.33. The number of oxazole rings is 1. The first-order chi connectivity index (χ1) is 13.0. The molecule has 0 unspecified atom stereocenters. The number of rotatable bonds is 5. The molecule has 0 saturated carbocycles. The molecule has 0 amide bonds. The summed E-state index contributed by atoms with van der Waals surface area (Å²) in [4.78, 5) is 9.71. The highest BCUT2D eigenvalue weighted by Gasteiger charge is 2.34. The molecule has 1 fully saturated rings. The number of nitrogens with zero attached hydrogens (tertiary/aromatic N) is 3. The van der Waals surface area contributed by atoms with E-state index < -0.39 is 0 Å². The van der Waals surface area contributed by atoms with E-state index in [1.54, 1.807) is 6.26 Å². The van der Waals surface area contributed by atoms with E-state index in [2.05, 4.69) is 59.0 Å². The van der Waals surface area contributed by atoms with Crippen LogP contribution in [0, 0.1) is 6.92 Å². The number of aryl methyl sites for hydroxylation is 1. The highest BCUT2D eigenvalue weighted by molar-refractivity contribution is 5.44. The fourth-order valence-electron chi connectivity index (χ4n) is 3.82. The summed E-state index contributed by atoms with van der Waals surface area (Å²) in [7, 11) is 0. The molecule has 0 N–H and O–H groups in total. The van der Waals surface area contributed by atoms with Gasteiger partial charge in [-0.1, -0.05) is 30.3 Å². The Morgan fingerprint density at radius 3 is 2.56 bits per heavy atom. The van der Waals surface area contributed by atoms with Crippen LogP contribution < -0.4 is 0 Å². The molecule has 27 heavy (non-hydrogen) atoms. The lowest BCUT2D eigenvalue weighted by Crippen LogP contribution is -2.58. The second-order valence-electron chi connectivity index (χ2n) is 7.93. The smallest absolute Gasteiger partial charge is 0.263 e. The van der Waals surface area contributed by atoms with Crippen molar-refractivity contribution in [2.24, 2.45) is 0 Å². The van der Waals surface area contributed by atoms with Crippen molar-refractivity contribution in [3.8, 4) is 11.7 Å². The fraction of sp³-hybridized carbons (Fsp3) is 0.409. The number of hydrogen-bond donors (Lipinski definition) is 0. The van der Waals surface area contributed by atoms with E-state index in [-0.39, 0.29) is 5.54 Å². The van der Waals surface area contributed by atoms with Crippen molar-refractivity contribution in [1.29, 1.82) is 0 Å². The first-order valence-corrected chi connectivity index (χ1v) is 9.53. The maximum absolute atomic E-state index is 5.81. The predicted molar refractivity (Wildman–Crippen MR) is 105 cm³/mol. The Hall–Kier alpha value is -2.37. The standard InChI is InChI=1S/C22H27N3O2/c1-17-19(23-21(27-17)20-10-7-13-26-20)15-24-11-12-25(22(2,3)16-24)14-18-8-5-4-6-9-18/h4-10,13H,11-12,14-16H2,1-3H3. The summed E-state index contributed by atoms with van der Waals surface area (Å²) >= 11 is 0. The van der Waals surface area contributed by atoms with Crippen LogP contribution in [-0.2, 0) is 13.1 Å². The quantitative estimate of drug-likeness (QED) is 0.673. The van der Waals surface area contributed by atoms with E-state index in [0.29, 0.717) is 11.7 Å². The van der Waals surface area contributed by atoms with Gasteiger partial charge in [0.25, 0.3) is 5.89 Å². The van der Waals surface area contributed by atoms with Crippen LogP contribution in [0.2, 0.25) is 0 Å². The number of furan rings is 1. The second-order valence-corrected chi connectivity index (χ2v) is 7.93. The molecule has 0 atom stereocenters. The van der Waals surface area contributed by atoms with Crippen LogP contribution in [0.4, 0.5) is 0 Å². The van der Waals surface area contributed by atoms with Crippen LogP contribution in [-0.4, -0.2) is 40.0 Å². The topological polar surface area (TPSA) is 45.7 Å². The Bertz CT molecular complexity index is 868. The largest absolute Gasteiger partial charge is 0.459 e. The number of benzene rings is 1. The summed E-state index contributed by atoms with van der Waals surface area (Å²) in [5.41, 5.74) is 2.47. The molecule has 2 aromatic heterocycles. The fourth-order valence-corrected chi connectivity index (χ4v) is 3.82. The normalized spacial score (nSPS) is 18.0. The Labute approximate surface area is 160 Å². The minimum absolute atomic E-state index is 0.107. The van der Waals surface area contributed by atoms with E-state index in [1.165, 1.54) is 5.56 Å². The van der Waals surface area contributed by atoms with E-state index in [1.807, 2.05) is 19.1 Å². The molecule has 1 saturated heterocycles. The van der Waals surface area contributed by atoms with Gasteiger partial charge in [-0.3, -0.25) is 9.80 Å². The predicted octanol–water partition coefficient (Wildman–Crippen LogP) is 4.34. The van der Waals surface area contributed by atoms with Gasteiger partial charge in [0.1, 0.15) is 5.76 Å². The molecule has 1 aliphatic rings. The van der Waals surface area contributed by atoms with Crippen molar-refractivity contribution in [2.75, 3.05) is 19.6 Å². The SMILES string of the molecule is Cc1oc(-c2ccco2)nc1CN1CCN(Cc2ccccc2)C(C)(C)C1. The summed E-state index contributed by atoms with van der Waals surface area (Å²) in [5.74, 6) is 2.11. The molecule has 1 aliphatic heterocycles. The summed E-state index contributed by atoms with van der Waals surface area (Å²) in [6, 6.07) is 14.4. The highest BCUT2D eigenvalue weighted by atomic mass is 16.4. The van der Waals surface area contributed by atoms with Gasteiger partial charge in [0.15, 0.2) is 5.76 Å². The van der Waals surface area contributed by atoms with Gasteiger partial charge in [-0.25, -0.2) is 4.98 Å². The average Bonchev–Trinajstić information content (AvgIpc) is 3.28. The van der Waals surface area contributed by atoms with Crippen molar-refractivity contribution < 1.29 is 8.83 Å². The van der Waals surface area contributed by atoms with Crippen molar-refractivity contribution in [3.63, 3.8) is 0 Å². The zero-order valence-corrected chi connectivity index (χ0v) is 16.3. The van der Waals surface area contributed by atoms with Gasteiger partial charge in [-0.05, 0) is 38.5 Å². The minimum Gasteiger partial charge on any atom is -0.459 e. The summed E-state index contributed by atoms with van der Waals surface area (Å²) in [6.45, 7) is 11.5. The molecule has 5 nitrogen and oxygen atoms in total. The van der Waals surface area contributed by atoms with Crippen molar-refractivity contribution in [1.82, 2.24) is 14.8 Å². The van der Waals surface area contributed by atoms with Gasteiger partial charge in [0.2, 0.25) is 0 Å². The van der Waals surface area contributed by atoms with Crippen LogP contribution in [0.1, 0.15) is 30.9 Å².